The number of para-hydroxylation sites is 1. The van der Waals surface area contributed by atoms with Gasteiger partial charge in [0.1, 0.15) is 11.8 Å². The highest BCUT2D eigenvalue weighted by Crippen LogP contribution is 2.26. The summed E-state index contributed by atoms with van der Waals surface area (Å²) in [6, 6.07) is 11.7. The van der Waals surface area contributed by atoms with E-state index in [0.29, 0.717) is 11.3 Å². The van der Waals surface area contributed by atoms with Crippen LogP contribution in [0.3, 0.4) is 0 Å². The van der Waals surface area contributed by atoms with E-state index in [4.69, 9.17) is 14.7 Å². The van der Waals surface area contributed by atoms with Gasteiger partial charge >= 0.3 is 5.97 Å². The van der Waals surface area contributed by atoms with Crippen molar-refractivity contribution in [1.82, 2.24) is 4.98 Å². The number of esters is 1. The molecule has 31 heavy (non-hydrogen) atoms. The summed E-state index contributed by atoms with van der Waals surface area (Å²) in [6.07, 6.45) is -1.14. The lowest BCUT2D eigenvalue weighted by Gasteiger charge is -2.13. The lowest BCUT2D eigenvalue weighted by Crippen LogP contribution is -2.31. The maximum absolute atomic E-state index is 13.4. The van der Waals surface area contributed by atoms with Crippen molar-refractivity contribution in [3.63, 3.8) is 0 Å². The molecule has 10 heteroatoms. The summed E-state index contributed by atoms with van der Waals surface area (Å²) in [5, 5.41) is 13.3. The number of nitriles is 1. The number of aromatic nitrogens is 1. The standard InChI is InChI=1S/C21H15F2N3O4S/c1-12(30-19(27)10-29-18-5-3-2-4-14(18)9-24)20(28)26-21-25-17(11-31-21)13-6-7-15(22)16(23)8-13/h2-8,11-12H,10H2,1H3,(H,25,26,28). The third-order valence-corrected chi connectivity index (χ3v) is 4.74. The predicted octanol–water partition coefficient (Wildman–Crippen LogP) is 3.91. The zero-order chi connectivity index (χ0) is 22.4. The molecule has 3 rings (SSSR count). The molecule has 1 heterocycles. The Bertz CT molecular complexity index is 1160. The van der Waals surface area contributed by atoms with E-state index >= 15 is 0 Å². The van der Waals surface area contributed by atoms with Gasteiger partial charge in [0.15, 0.2) is 29.5 Å². The third-order valence-electron chi connectivity index (χ3n) is 3.98. The number of carbonyl (C=O) groups excluding carboxylic acids is 2. The normalized spacial score (nSPS) is 11.3. The molecule has 0 aliphatic rings. The van der Waals surface area contributed by atoms with Gasteiger partial charge in [-0.05, 0) is 37.3 Å². The van der Waals surface area contributed by atoms with Crippen molar-refractivity contribution >= 4 is 28.3 Å². The number of ether oxygens (including phenoxy) is 2. The Kier molecular flexibility index (Phi) is 6.89. The van der Waals surface area contributed by atoms with Crippen LogP contribution in [-0.2, 0) is 14.3 Å². The molecule has 1 atom stereocenters. The molecule has 1 unspecified atom stereocenters. The van der Waals surface area contributed by atoms with Gasteiger partial charge < -0.3 is 9.47 Å². The molecule has 1 aromatic heterocycles. The van der Waals surface area contributed by atoms with E-state index < -0.39 is 36.2 Å². The molecule has 3 aromatic rings. The fourth-order valence-corrected chi connectivity index (χ4v) is 3.16. The topological polar surface area (TPSA) is 101 Å². The molecule has 0 radical (unpaired) electrons. The van der Waals surface area contributed by atoms with Crippen LogP contribution in [0.1, 0.15) is 12.5 Å². The number of nitrogens with zero attached hydrogens (tertiary/aromatic N) is 2. The monoisotopic (exact) mass is 443 g/mol. The molecule has 0 bridgehead atoms. The largest absolute Gasteiger partial charge is 0.481 e. The van der Waals surface area contributed by atoms with Gasteiger partial charge in [0.05, 0.1) is 11.3 Å². The van der Waals surface area contributed by atoms with Crippen molar-refractivity contribution in [3.05, 3.63) is 65.0 Å². The second-order valence-electron chi connectivity index (χ2n) is 6.18. The first-order valence-corrected chi connectivity index (χ1v) is 9.78. The van der Waals surface area contributed by atoms with Crippen molar-refractivity contribution in [2.45, 2.75) is 13.0 Å². The SMILES string of the molecule is CC(OC(=O)COc1ccccc1C#N)C(=O)Nc1nc(-c2ccc(F)c(F)c2)cs1. The van der Waals surface area contributed by atoms with Gasteiger partial charge in [-0.3, -0.25) is 10.1 Å². The van der Waals surface area contributed by atoms with Crippen LogP contribution < -0.4 is 10.1 Å². The average Bonchev–Trinajstić information content (AvgIpc) is 3.22. The number of amides is 1. The number of nitrogens with one attached hydrogen (secondary N) is 1. The molecule has 0 aliphatic heterocycles. The van der Waals surface area contributed by atoms with E-state index in [1.807, 2.05) is 6.07 Å². The van der Waals surface area contributed by atoms with Gasteiger partial charge in [-0.1, -0.05) is 12.1 Å². The van der Waals surface area contributed by atoms with Crippen LogP contribution in [0.4, 0.5) is 13.9 Å². The summed E-state index contributed by atoms with van der Waals surface area (Å²) < 4.78 is 36.7. The smallest absolute Gasteiger partial charge is 0.344 e. The Morgan fingerprint density at radius 1 is 1.23 bits per heavy atom. The van der Waals surface area contributed by atoms with Crippen LogP contribution in [0.15, 0.2) is 47.8 Å². The van der Waals surface area contributed by atoms with E-state index in [2.05, 4.69) is 10.3 Å². The van der Waals surface area contributed by atoms with E-state index in [9.17, 15) is 18.4 Å². The number of thiazole rings is 1. The molecular weight excluding hydrogens is 428 g/mol. The van der Waals surface area contributed by atoms with Crippen LogP contribution in [0.5, 0.6) is 5.75 Å². The first-order valence-electron chi connectivity index (χ1n) is 8.90. The molecule has 0 saturated carbocycles. The summed E-state index contributed by atoms with van der Waals surface area (Å²) >= 11 is 1.08. The Morgan fingerprint density at radius 2 is 2.00 bits per heavy atom. The molecule has 0 aliphatic carbocycles. The highest BCUT2D eigenvalue weighted by Gasteiger charge is 2.20. The van der Waals surface area contributed by atoms with Crippen LogP contribution in [-0.4, -0.2) is 29.6 Å². The van der Waals surface area contributed by atoms with Crippen molar-refractivity contribution in [3.8, 4) is 23.1 Å². The molecule has 1 N–H and O–H groups in total. The summed E-state index contributed by atoms with van der Waals surface area (Å²) in [6.45, 7) is 0.897. The minimum Gasteiger partial charge on any atom is -0.481 e. The van der Waals surface area contributed by atoms with E-state index in [-0.39, 0.29) is 16.4 Å². The molecule has 0 spiro atoms. The van der Waals surface area contributed by atoms with Crippen molar-refractivity contribution in [2.75, 3.05) is 11.9 Å². The second-order valence-corrected chi connectivity index (χ2v) is 7.04. The Labute approximate surface area is 179 Å². The third kappa shape index (κ3) is 5.61. The van der Waals surface area contributed by atoms with Crippen LogP contribution in [0, 0.1) is 23.0 Å². The highest BCUT2D eigenvalue weighted by molar-refractivity contribution is 7.14. The Morgan fingerprint density at radius 3 is 2.74 bits per heavy atom. The van der Waals surface area contributed by atoms with Gasteiger partial charge in [-0.25, -0.2) is 18.6 Å². The molecule has 0 saturated heterocycles. The predicted molar refractivity (Wildman–Crippen MR) is 108 cm³/mol. The Balaban J connectivity index is 1.53. The summed E-state index contributed by atoms with van der Waals surface area (Å²) in [5.74, 6) is -3.17. The molecular formula is C21H15F2N3O4S. The quantitative estimate of drug-likeness (QED) is 0.556. The lowest BCUT2D eigenvalue weighted by molar-refractivity contribution is -0.155. The average molecular weight is 443 g/mol. The number of hydrogen-bond acceptors (Lipinski definition) is 7. The fourth-order valence-electron chi connectivity index (χ4n) is 2.43. The van der Waals surface area contributed by atoms with Gasteiger partial charge in [-0.2, -0.15) is 5.26 Å². The lowest BCUT2D eigenvalue weighted by atomic mass is 10.2. The molecule has 2 aromatic carbocycles. The zero-order valence-corrected chi connectivity index (χ0v) is 16.9. The van der Waals surface area contributed by atoms with Crippen molar-refractivity contribution < 1.29 is 27.8 Å². The number of halogens is 2. The number of rotatable bonds is 7. The first kappa shape index (κ1) is 21.9. The van der Waals surface area contributed by atoms with Crippen molar-refractivity contribution in [1.29, 1.82) is 5.26 Å². The summed E-state index contributed by atoms with van der Waals surface area (Å²) in [5.41, 5.74) is 0.972. The number of hydrogen-bond donors (Lipinski definition) is 1. The molecule has 0 fully saturated rings. The maximum atomic E-state index is 13.4. The highest BCUT2D eigenvalue weighted by atomic mass is 32.1. The maximum Gasteiger partial charge on any atom is 0.344 e. The van der Waals surface area contributed by atoms with E-state index in [1.165, 1.54) is 19.1 Å². The zero-order valence-electron chi connectivity index (χ0n) is 16.1. The van der Waals surface area contributed by atoms with Crippen LogP contribution in [0.25, 0.3) is 11.3 Å². The van der Waals surface area contributed by atoms with Crippen LogP contribution >= 0.6 is 11.3 Å². The number of benzene rings is 2. The number of carbonyl (C=O) groups is 2. The van der Waals surface area contributed by atoms with E-state index in [0.717, 1.165) is 23.5 Å². The van der Waals surface area contributed by atoms with Gasteiger partial charge in [0.25, 0.3) is 5.91 Å². The molecule has 1 amide bonds. The number of anilines is 1. The Hall–Kier alpha value is -3.84. The van der Waals surface area contributed by atoms with Crippen molar-refractivity contribution in [2.24, 2.45) is 0 Å². The van der Waals surface area contributed by atoms with Gasteiger partial charge in [0, 0.05) is 10.9 Å². The fraction of sp³-hybridized carbons (Fsp3) is 0.143. The summed E-state index contributed by atoms with van der Waals surface area (Å²) in [4.78, 5) is 28.3. The molecule has 158 valence electrons. The van der Waals surface area contributed by atoms with Crippen LogP contribution in [0.2, 0.25) is 0 Å². The second kappa shape index (κ2) is 9.77. The van der Waals surface area contributed by atoms with E-state index in [1.54, 1.807) is 23.6 Å². The minimum atomic E-state index is -1.14. The summed E-state index contributed by atoms with van der Waals surface area (Å²) in [7, 11) is 0. The first-order chi connectivity index (χ1) is 14.9. The van der Waals surface area contributed by atoms with Gasteiger partial charge in [-0.15, -0.1) is 11.3 Å². The van der Waals surface area contributed by atoms with Gasteiger partial charge in [0.2, 0.25) is 0 Å². The molecule has 7 nitrogen and oxygen atoms in total. The minimum absolute atomic E-state index is 0.201.